The van der Waals surface area contributed by atoms with Crippen LogP contribution >= 0.6 is 15.9 Å². The first-order valence-corrected chi connectivity index (χ1v) is 7.22. The number of halogens is 1. The Kier molecular flexibility index (Phi) is 4.72. The van der Waals surface area contributed by atoms with Gasteiger partial charge in [-0.2, -0.15) is 0 Å². The molecule has 0 unspecified atom stereocenters. The third-order valence-corrected chi connectivity index (χ3v) is 3.95. The summed E-state index contributed by atoms with van der Waals surface area (Å²) in [5, 5.41) is 0. The molecule has 0 N–H and O–H groups in total. The summed E-state index contributed by atoms with van der Waals surface area (Å²) in [6.07, 6.45) is -0.758. The lowest BCUT2D eigenvalue weighted by Gasteiger charge is -2.17. The van der Waals surface area contributed by atoms with Crippen LogP contribution in [0.3, 0.4) is 0 Å². The Balaban J connectivity index is 2.40. The molecule has 0 aliphatic carbocycles. The predicted octanol–water partition coefficient (Wildman–Crippen LogP) is 2.24. The number of benzene rings is 1. The summed E-state index contributed by atoms with van der Waals surface area (Å²) in [6.45, 7) is 1.96. The van der Waals surface area contributed by atoms with Gasteiger partial charge in [0.1, 0.15) is 0 Å². The highest BCUT2D eigenvalue weighted by molar-refractivity contribution is 9.10. The second-order valence-corrected chi connectivity index (χ2v) is 5.26. The predicted molar refractivity (Wildman–Crippen MR) is 77.1 cm³/mol. The van der Waals surface area contributed by atoms with Gasteiger partial charge in [0, 0.05) is 5.56 Å². The number of rotatable bonds is 5. The Morgan fingerprint density at radius 3 is 2.52 bits per heavy atom. The maximum absolute atomic E-state index is 11.9. The van der Waals surface area contributed by atoms with Crippen molar-refractivity contribution in [1.82, 2.24) is 0 Å². The SMILES string of the molecule is CCOC(=O)[C@@H](Br)[C@H]1OC(=O)c2cc(OC)c(OC)cc21. The van der Waals surface area contributed by atoms with Crippen molar-refractivity contribution in [3.63, 3.8) is 0 Å². The normalized spacial score (nSPS) is 17.7. The summed E-state index contributed by atoms with van der Waals surface area (Å²) in [6, 6.07) is 3.18. The lowest BCUT2D eigenvalue weighted by molar-refractivity contribution is -0.144. The lowest BCUT2D eigenvalue weighted by atomic mass is 10.0. The number of methoxy groups -OCH3 is 2. The first kappa shape index (κ1) is 15.6. The zero-order valence-corrected chi connectivity index (χ0v) is 13.4. The van der Waals surface area contributed by atoms with Crippen molar-refractivity contribution in [1.29, 1.82) is 0 Å². The number of alkyl halides is 1. The molecule has 0 aromatic heterocycles. The minimum absolute atomic E-state index is 0.250. The molecule has 7 heteroatoms. The van der Waals surface area contributed by atoms with E-state index in [0.29, 0.717) is 22.6 Å². The molecule has 0 bridgehead atoms. The first-order chi connectivity index (χ1) is 10.0. The zero-order valence-electron chi connectivity index (χ0n) is 11.8. The van der Waals surface area contributed by atoms with Crippen LogP contribution in [0.1, 0.15) is 28.9 Å². The third kappa shape index (κ3) is 2.83. The van der Waals surface area contributed by atoms with Crippen LogP contribution in [0.2, 0.25) is 0 Å². The molecule has 0 saturated heterocycles. The highest BCUT2D eigenvalue weighted by atomic mass is 79.9. The van der Waals surface area contributed by atoms with Crippen LogP contribution in [0.5, 0.6) is 11.5 Å². The van der Waals surface area contributed by atoms with Crippen LogP contribution in [0, 0.1) is 0 Å². The number of fused-ring (bicyclic) bond motifs is 1. The molecule has 1 aliphatic heterocycles. The van der Waals surface area contributed by atoms with E-state index >= 15 is 0 Å². The van der Waals surface area contributed by atoms with E-state index in [0.717, 1.165) is 0 Å². The fraction of sp³-hybridized carbons (Fsp3) is 0.429. The molecule has 1 aliphatic rings. The molecular formula is C14H15BrO6. The molecule has 1 aromatic rings. The van der Waals surface area contributed by atoms with Gasteiger partial charge in [0.2, 0.25) is 0 Å². The number of cyclic esters (lactones) is 1. The molecule has 6 nitrogen and oxygen atoms in total. The van der Waals surface area contributed by atoms with E-state index in [1.807, 2.05) is 0 Å². The topological polar surface area (TPSA) is 71.1 Å². The van der Waals surface area contributed by atoms with Crippen LogP contribution in [-0.4, -0.2) is 37.6 Å². The molecule has 2 rings (SSSR count). The maximum atomic E-state index is 11.9. The molecule has 114 valence electrons. The van der Waals surface area contributed by atoms with Crippen LogP contribution < -0.4 is 9.47 Å². The Morgan fingerprint density at radius 1 is 1.33 bits per heavy atom. The summed E-state index contributed by atoms with van der Waals surface area (Å²) in [5.74, 6) is -0.109. The molecule has 0 saturated carbocycles. The smallest absolute Gasteiger partial charge is 0.339 e. The van der Waals surface area contributed by atoms with Gasteiger partial charge in [-0.25, -0.2) is 4.79 Å². The quantitative estimate of drug-likeness (QED) is 0.593. The highest BCUT2D eigenvalue weighted by Crippen LogP contribution is 2.42. The van der Waals surface area contributed by atoms with Crippen molar-refractivity contribution in [2.75, 3.05) is 20.8 Å². The number of carbonyl (C=O) groups excluding carboxylic acids is 2. The molecule has 21 heavy (non-hydrogen) atoms. The van der Waals surface area contributed by atoms with Gasteiger partial charge < -0.3 is 18.9 Å². The van der Waals surface area contributed by atoms with E-state index in [2.05, 4.69) is 15.9 Å². The maximum Gasteiger partial charge on any atom is 0.339 e. The number of hydrogen-bond acceptors (Lipinski definition) is 6. The largest absolute Gasteiger partial charge is 0.493 e. The van der Waals surface area contributed by atoms with Crippen molar-refractivity contribution in [3.05, 3.63) is 23.3 Å². The average molecular weight is 359 g/mol. The van der Waals surface area contributed by atoms with Crippen molar-refractivity contribution < 1.29 is 28.5 Å². The van der Waals surface area contributed by atoms with Gasteiger partial charge >= 0.3 is 11.9 Å². The van der Waals surface area contributed by atoms with Crippen LogP contribution in [-0.2, 0) is 14.3 Å². The Labute approximate surface area is 130 Å². The van der Waals surface area contributed by atoms with E-state index < -0.39 is 22.9 Å². The summed E-state index contributed by atoms with van der Waals surface area (Å²) in [7, 11) is 2.97. The van der Waals surface area contributed by atoms with E-state index in [9.17, 15) is 9.59 Å². The zero-order chi connectivity index (χ0) is 15.6. The number of hydrogen-bond donors (Lipinski definition) is 0. The van der Waals surface area contributed by atoms with Gasteiger partial charge in [-0.05, 0) is 19.1 Å². The molecule has 0 fully saturated rings. The second kappa shape index (κ2) is 6.34. The summed E-state index contributed by atoms with van der Waals surface area (Å²) in [5.41, 5.74) is 0.916. The Hall–Kier alpha value is -1.76. The van der Waals surface area contributed by atoms with Crippen LogP contribution in [0.4, 0.5) is 0 Å². The van der Waals surface area contributed by atoms with Crippen LogP contribution in [0.25, 0.3) is 0 Å². The monoisotopic (exact) mass is 358 g/mol. The Morgan fingerprint density at radius 2 is 1.95 bits per heavy atom. The van der Waals surface area contributed by atoms with Gasteiger partial charge in [0.05, 0.1) is 26.4 Å². The summed E-state index contributed by atoms with van der Waals surface area (Å²) in [4.78, 5) is 23.0. The fourth-order valence-corrected chi connectivity index (χ4v) is 2.64. The van der Waals surface area contributed by atoms with Crippen molar-refractivity contribution in [2.24, 2.45) is 0 Å². The standard InChI is InChI=1S/C14H15BrO6/c1-4-20-14(17)11(15)12-7-5-9(18-2)10(19-3)6-8(7)13(16)21-12/h5-6,11-12H,4H2,1-3H3/t11-,12-/m0/s1. The number of carbonyl (C=O) groups is 2. The molecule has 0 spiro atoms. The van der Waals surface area contributed by atoms with E-state index in [1.165, 1.54) is 14.2 Å². The van der Waals surface area contributed by atoms with Gasteiger partial charge in [0.15, 0.2) is 22.4 Å². The van der Waals surface area contributed by atoms with Gasteiger partial charge in [-0.1, -0.05) is 15.9 Å². The van der Waals surface area contributed by atoms with Crippen molar-refractivity contribution >= 4 is 27.9 Å². The first-order valence-electron chi connectivity index (χ1n) is 6.31. The van der Waals surface area contributed by atoms with Gasteiger partial charge in [-0.3, -0.25) is 4.79 Å². The van der Waals surface area contributed by atoms with E-state index in [-0.39, 0.29) is 6.61 Å². The van der Waals surface area contributed by atoms with Crippen molar-refractivity contribution in [2.45, 2.75) is 17.9 Å². The average Bonchev–Trinajstić information content (AvgIpc) is 2.81. The van der Waals surface area contributed by atoms with Crippen LogP contribution in [0.15, 0.2) is 12.1 Å². The van der Waals surface area contributed by atoms with Gasteiger partial charge in [-0.15, -0.1) is 0 Å². The van der Waals surface area contributed by atoms with Gasteiger partial charge in [0.25, 0.3) is 0 Å². The molecule has 2 atom stereocenters. The number of ether oxygens (including phenoxy) is 4. The molecule has 1 aromatic carbocycles. The summed E-state index contributed by atoms with van der Waals surface area (Å²) < 4.78 is 20.6. The highest BCUT2D eigenvalue weighted by Gasteiger charge is 2.40. The molecule has 0 amide bonds. The fourth-order valence-electron chi connectivity index (χ4n) is 2.11. The molecular weight excluding hydrogens is 344 g/mol. The minimum Gasteiger partial charge on any atom is -0.493 e. The van der Waals surface area contributed by atoms with E-state index in [4.69, 9.17) is 18.9 Å². The number of esters is 2. The Bertz CT molecular complexity index is 571. The van der Waals surface area contributed by atoms with Crippen molar-refractivity contribution in [3.8, 4) is 11.5 Å². The lowest BCUT2D eigenvalue weighted by Crippen LogP contribution is -2.24. The molecule has 0 radical (unpaired) electrons. The molecule has 1 heterocycles. The summed E-state index contributed by atoms with van der Waals surface area (Å²) >= 11 is 3.23. The van der Waals surface area contributed by atoms with E-state index in [1.54, 1.807) is 19.1 Å². The third-order valence-electron chi connectivity index (χ3n) is 3.09. The minimum atomic E-state index is -0.777. The second-order valence-electron chi connectivity index (χ2n) is 4.27.